The van der Waals surface area contributed by atoms with Gasteiger partial charge in [-0.3, -0.25) is 14.9 Å². The first-order valence-corrected chi connectivity index (χ1v) is 13.2. The Morgan fingerprint density at radius 1 is 1.12 bits per heavy atom. The molecule has 0 aliphatic carbocycles. The summed E-state index contributed by atoms with van der Waals surface area (Å²) in [6.07, 6.45) is 1.14. The Morgan fingerprint density at radius 2 is 1.85 bits per heavy atom. The first-order chi connectivity index (χ1) is 15.8. The average Bonchev–Trinajstić information content (AvgIpc) is 3.40. The maximum atomic E-state index is 12.7. The van der Waals surface area contributed by atoms with Crippen LogP contribution < -0.4 is 10.2 Å². The molecule has 1 unspecified atom stereocenters. The Morgan fingerprint density at radius 3 is 2.61 bits per heavy atom. The lowest BCUT2D eigenvalue weighted by molar-refractivity contribution is -0.117. The van der Waals surface area contributed by atoms with Gasteiger partial charge < -0.3 is 4.90 Å². The molecule has 0 radical (unpaired) electrons. The highest BCUT2D eigenvalue weighted by Gasteiger charge is 2.34. The summed E-state index contributed by atoms with van der Waals surface area (Å²) in [5.41, 5.74) is 2.64. The molecule has 1 aromatic heterocycles. The second-order valence-corrected chi connectivity index (χ2v) is 11.0. The van der Waals surface area contributed by atoms with Gasteiger partial charge in [-0.1, -0.05) is 66.8 Å². The van der Waals surface area contributed by atoms with Gasteiger partial charge in [0.1, 0.15) is 10.8 Å². The maximum absolute atomic E-state index is 12.7. The molecule has 0 spiro atoms. The molecule has 1 fully saturated rings. The molecule has 2 amide bonds. The van der Waals surface area contributed by atoms with E-state index < -0.39 is 21.5 Å². The SMILES string of the molecule is CCc1ccccc1N1CC(c2nnc(NC(=O)CS(=O)(=O)Cc3ccccc3)s2)CC1=O. The van der Waals surface area contributed by atoms with Crippen LogP contribution >= 0.6 is 11.3 Å². The molecule has 2 aromatic carbocycles. The zero-order valence-electron chi connectivity index (χ0n) is 18.1. The molecule has 3 aromatic rings. The lowest BCUT2D eigenvalue weighted by Gasteiger charge is -2.19. The monoisotopic (exact) mass is 484 g/mol. The Labute approximate surface area is 196 Å². The first-order valence-electron chi connectivity index (χ1n) is 10.6. The third kappa shape index (κ3) is 5.63. The van der Waals surface area contributed by atoms with Gasteiger partial charge in [0.25, 0.3) is 0 Å². The van der Waals surface area contributed by atoms with Crippen molar-refractivity contribution in [2.75, 3.05) is 22.5 Å². The first kappa shape index (κ1) is 23.1. The van der Waals surface area contributed by atoms with Crippen molar-refractivity contribution in [2.45, 2.75) is 31.4 Å². The van der Waals surface area contributed by atoms with Crippen LogP contribution in [0.5, 0.6) is 0 Å². The molecule has 10 heteroatoms. The number of carbonyl (C=O) groups excluding carboxylic acids is 2. The van der Waals surface area contributed by atoms with Gasteiger partial charge in [0.05, 0.1) is 5.75 Å². The van der Waals surface area contributed by atoms with E-state index in [0.717, 1.165) is 17.7 Å². The van der Waals surface area contributed by atoms with Gasteiger partial charge in [0, 0.05) is 24.6 Å². The fourth-order valence-electron chi connectivity index (χ4n) is 3.86. The van der Waals surface area contributed by atoms with Crippen molar-refractivity contribution in [3.8, 4) is 0 Å². The van der Waals surface area contributed by atoms with Gasteiger partial charge in [-0.05, 0) is 23.6 Å². The predicted molar refractivity (Wildman–Crippen MR) is 128 cm³/mol. The lowest BCUT2D eigenvalue weighted by atomic mass is 10.1. The summed E-state index contributed by atoms with van der Waals surface area (Å²) >= 11 is 1.17. The van der Waals surface area contributed by atoms with Crippen LogP contribution in [-0.2, 0) is 31.6 Å². The highest BCUT2D eigenvalue weighted by atomic mass is 32.2. The highest BCUT2D eigenvalue weighted by Crippen LogP contribution is 2.35. The maximum Gasteiger partial charge on any atom is 0.241 e. The van der Waals surface area contributed by atoms with E-state index in [0.29, 0.717) is 23.5 Å². The van der Waals surface area contributed by atoms with E-state index in [1.807, 2.05) is 24.3 Å². The van der Waals surface area contributed by atoms with E-state index in [1.54, 1.807) is 35.2 Å². The van der Waals surface area contributed by atoms with Crippen molar-refractivity contribution in [3.05, 3.63) is 70.7 Å². The predicted octanol–water partition coefficient (Wildman–Crippen LogP) is 3.17. The molecule has 1 aliphatic rings. The van der Waals surface area contributed by atoms with Crippen molar-refractivity contribution < 1.29 is 18.0 Å². The molecule has 1 aliphatic heterocycles. The van der Waals surface area contributed by atoms with Gasteiger partial charge >= 0.3 is 0 Å². The standard InChI is InChI=1S/C23H24N4O4S2/c1-2-17-10-6-7-11-19(17)27-13-18(12-21(27)29)22-25-26-23(32-22)24-20(28)15-33(30,31)14-16-8-4-3-5-9-16/h3-11,18H,2,12-15H2,1H3,(H,24,26,28). The van der Waals surface area contributed by atoms with Gasteiger partial charge in [0.15, 0.2) is 9.84 Å². The van der Waals surface area contributed by atoms with Crippen molar-refractivity contribution in [2.24, 2.45) is 0 Å². The Kier molecular flexibility index (Phi) is 6.85. The minimum Gasteiger partial charge on any atom is -0.311 e. The molecule has 33 heavy (non-hydrogen) atoms. The molecule has 1 N–H and O–H groups in total. The van der Waals surface area contributed by atoms with Crippen molar-refractivity contribution in [3.63, 3.8) is 0 Å². The quantitative estimate of drug-likeness (QED) is 0.526. The summed E-state index contributed by atoms with van der Waals surface area (Å²) in [5, 5.41) is 11.5. The number of para-hydroxylation sites is 1. The van der Waals surface area contributed by atoms with Crippen molar-refractivity contribution in [1.82, 2.24) is 10.2 Å². The average molecular weight is 485 g/mol. The third-order valence-corrected chi connectivity index (χ3v) is 7.88. The van der Waals surface area contributed by atoms with Crippen LogP contribution in [0.4, 0.5) is 10.8 Å². The summed E-state index contributed by atoms with van der Waals surface area (Å²) in [6, 6.07) is 16.6. The number of aryl methyl sites for hydroxylation is 1. The zero-order valence-corrected chi connectivity index (χ0v) is 19.7. The highest BCUT2D eigenvalue weighted by molar-refractivity contribution is 7.91. The smallest absolute Gasteiger partial charge is 0.241 e. The summed E-state index contributed by atoms with van der Waals surface area (Å²) in [6.45, 7) is 2.54. The number of aromatic nitrogens is 2. The number of rotatable bonds is 8. The Hall–Kier alpha value is -3.11. The van der Waals surface area contributed by atoms with Gasteiger partial charge in [0.2, 0.25) is 16.9 Å². The molecule has 8 nitrogen and oxygen atoms in total. The lowest BCUT2D eigenvalue weighted by Crippen LogP contribution is -2.25. The van der Waals surface area contributed by atoms with Crippen LogP contribution in [0.25, 0.3) is 0 Å². The van der Waals surface area contributed by atoms with Crippen LogP contribution in [0.1, 0.15) is 35.4 Å². The molecule has 1 saturated heterocycles. The van der Waals surface area contributed by atoms with Gasteiger partial charge in [-0.25, -0.2) is 8.42 Å². The van der Waals surface area contributed by atoms with Crippen molar-refractivity contribution in [1.29, 1.82) is 0 Å². The van der Waals surface area contributed by atoms with Crippen LogP contribution in [0.15, 0.2) is 54.6 Å². The Bertz CT molecular complexity index is 1260. The molecular formula is C23H24N4O4S2. The molecule has 4 rings (SSSR count). The number of nitrogens with zero attached hydrogens (tertiary/aromatic N) is 3. The number of nitrogens with one attached hydrogen (secondary N) is 1. The van der Waals surface area contributed by atoms with E-state index >= 15 is 0 Å². The second kappa shape index (κ2) is 9.80. The van der Waals surface area contributed by atoms with E-state index in [1.165, 1.54) is 11.3 Å². The zero-order chi connectivity index (χ0) is 23.4. The third-order valence-electron chi connectivity index (χ3n) is 5.40. The molecule has 0 bridgehead atoms. The van der Waals surface area contributed by atoms with Gasteiger partial charge in [-0.15, -0.1) is 10.2 Å². The molecule has 0 saturated carbocycles. The fraction of sp³-hybridized carbons (Fsp3) is 0.304. The molecule has 172 valence electrons. The van der Waals surface area contributed by atoms with E-state index in [2.05, 4.69) is 22.4 Å². The normalized spacial score (nSPS) is 16.2. The number of anilines is 2. The summed E-state index contributed by atoms with van der Waals surface area (Å²) in [5.74, 6) is -1.61. The van der Waals surface area contributed by atoms with Crippen molar-refractivity contribution >= 4 is 43.8 Å². The van der Waals surface area contributed by atoms with E-state index in [-0.39, 0.29) is 22.7 Å². The van der Waals surface area contributed by atoms with Crippen LogP contribution in [0.3, 0.4) is 0 Å². The molecule has 1 atom stereocenters. The molecular weight excluding hydrogens is 460 g/mol. The topological polar surface area (TPSA) is 109 Å². The van der Waals surface area contributed by atoms with E-state index in [4.69, 9.17) is 0 Å². The Balaban J connectivity index is 1.38. The fourth-order valence-corrected chi connectivity index (χ4v) is 5.99. The number of benzene rings is 2. The minimum atomic E-state index is -3.62. The van der Waals surface area contributed by atoms with E-state index in [9.17, 15) is 18.0 Å². The van der Waals surface area contributed by atoms with Crippen LogP contribution in [0, 0.1) is 0 Å². The largest absolute Gasteiger partial charge is 0.311 e. The van der Waals surface area contributed by atoms with Gasteiger partial charge in [-0.2, -0.15) is 0 Å². The number of hydrogen-bond acceptors (Lipinski definition) is 7. The van der Waals surface area contributed by atoms with Crippen LogP contribution in [-0.4, -0.2) is 42.7 Å². The number of hydrogen-bond donors (Lipinski definition) is 1. The number of amides is 2. The second-order valence-electron chi connectivity index (χ2n) is 7.90. The number of carbonyl (C=O) groups is 2. The summed E-state index contributed by atoms with van der Waals surface area (Å²) in [7, 11) is -3.62. The summed E-state index contributed by atoms with van der Waals surface area (Å²) < 4.78 is 24.7. The molecule has 2 heterocycles. The number of sulfone groups is 1. The van der Waals surface area contributed by atoms with Crippen LogP contribution in [0.2, 0.25) is 0 Å². The summed E-state index contributed by atoms with van der Waals surface area (Å²) in [4.78, 5) is 26.7. The minimum absolute atomic E-state index is 0.0219.